The first-order valence-electron chi connectivity index (χ1n) is 10.6. The lowest BCUT2D eigenvalue weighted by Gasteiger charge is -2.38. The Balaban J connectivity index is 1.31. The molecule has 0 spiro atoms. The van der Waals surface area contributed by atoms with E-state index in [9.17, 15) is 14.4 Å². The van der Waals surface area contributed by atoms with Crippen molar-refractivity contribution in [3.05, 3.63) is 42.0 Å². The smallest absolute Gasteiger partial charge is 0.238 e. The molecule has 146 valence electrons. The maximum absolute atomic E-state index is 13.0. The zero-order chi connectivity index (χ0) is 19.3. The SMILES string of the molecule is O=C(Cc1ccc(N2C(=O)C3C4C=CC(CC4)C3C2=O)cc1)N1CCCCC1. The third-order valence-corrected chi connectivity index (χ3v) is 7.02. The number of allylic oxidation sites excluding steroid dienone is 2. The van der Waals surface area contributed by atoms with Crippen molar-refractivity contribution in [2.45, 2.75) is 38.5 Å². The van der Waals surface area contributed by atoms with Crippen molar-refractivity contribution in [1.29, 1.82) is 0 Å². The van der Waals surface area contributed by atoms with Gasteiger partial charge in [-0.15, -0.1) is 0 Å². The Bertz CT molecular complexity index is 806. The zero-order valence-corrected chi connectivity index (χ0v) is 16.0. The van der Waals surface area contributed by atoms with Crippen LogP contribution in [0.15, 0.2) is 36.4 Å². The molecule has 4 unspecified atom stereocenters. The number of carbonyl (C=O) groups excluding carboxylic acids is 3. The number of likely N-dealkylation sites (tertiary alicyclic amines) is 1. The monoisotopic (exact) mass is 378 g/mol. The van der Waals surface area contributed by atoms with E-state index in [1.165, 1.54) is 11.3 Å². The maximum Gasteiger partial charge on any atom is 0.238 e. The number of nitrogens with zero attached hydrogens (tertiary/aromatic N) is 2. The molecule has 2 bridgehead atoms. The normalized spacial score (nSPS) is 31.4. The van der Waals surface area contributed by atoms with Gasteiger partial charge in [0.05, 0.1) is 23.9 Å². The van der Waals surface area contributed by atoms with E-state index in [0.29, 0.717) is 12.1 Å². The average molecular weight is 378 g/mol. The molecule has 4 atom stereocenters. The van der Waals surface area contributed by atoms with Crippen LogP contribution >= 0.6 is 0 Å². The highest BCUT2D eigenvalue weighted by atomic mass is 16.2. The van der Waals surface area contributed by atoms with Gasteiger partial charge in [-0.2, -0.15) is 0 Å². The molecule has 2 saturated heterocycles. The highest BCUT2D eigenvalue weighted by molar-refractivity contribution is 6.22. The summed E-state index contributed by atoms with van der Waals surface area (Å²) in [5.41, 5.74) is 1.57. The molecule has 1 aromatic carbocycles. The van der Waals surface area contributed by atoms with E-state index in [4.69, 9.17) is 0 Å². The number of imide groups is 1. The Morgan fingerprint density at radius 2 is 1.43 bits per heavy atom. The first-order valence-corrected chi connectivity index (χ1v) is 10.6. The number of rotatable bonds is 3. The summed E-state index contributed by atoms with van der Waals surface area (Å²) in [6, 6.07) is 7.40. The number of hydrogen-bond donors (Lipinski definition) is 0. The summed E-state index contributed by atoms with van der Waals surface area (Å²) in [5.74, 6) is 0.107. The molecule has 5 aliphatic rings. The summed E-state index contributed by atoms with van der Waals surface area (Å²) in [6.45, 7) is 1.71. The van der Waals surface area contributed by atoms with Crippen molar-refractivity contribution in [2.24, 2.45) is 23.7 Å². The fourth-order valence-electron chi connectivity index (χ4n) is 5.52. The van der Waals surface area contributed by atoms with Crippen molar-refractivity contribution < 1.29 is 14.4 Å². The molecular weight excluding hydrogens is 352 g/mol. The topological polar surface area (TPSA) is 57.7 Å². The van der Waals surface area contributed by atoms with E-state index in [-0.39, 0.29) is 41.4 Å². The third-order valence-electron chi connectivity index (χ3n) is 7.02. The minimum atomic E-state index is -0.184. The molecular formula is C23H26N2O3. The van der Waals surface area contributed by atoms with Crippen LogP contribution < -0.4 is 4.90 Å². The Kier molecular flexibility index (Phi) is 4.33. The second-order valence-corrected chi connectivity index (χ2v) is 8.64. The van der Waals surface area contributed by atoms with Crippen LogP contribution in [-0.2, 0) is 20.8 Å². The van der Waals surface area contributed by atoms with Gasteiger partial charge in [0, 0.05) is 13.1 Å². The number of hydrogen-bond acceptors (Lipinski definition) is 3. The molecule has 5 heteroatoms. The summed E-state index contributed by atoms with van der Waals surface area (Å²) in [4.78, 5) is 41.8. The minimum Gasteiger partial charge on any atom is -0.342 e. The number of amides is 3. The van der Waals surface area contributed by atoms with Gasteiger partial charge in [-0.3, -0.25) is 19.3 Å². The molecule has 3 amide bonds. The van der Waals surface area contributed by atoms with E-state index in [1.807, 2.05) is 29.2 Å². The number of anilines is 1. The van der Waals surface area contributed by atoms with E-state index in [1.54, 1.807) is 0 Å². The fourth-order valence-corrected chi connectivity index (χ4v) is 5.52. The standard InChI is InChI=1S/C23H26N2O3/c26-19(24-12-2-1-3-13-24)14-15-4-10-18(11-5-15)25-22(27)20-16-6-7-17(9-8-16)21(20)23(25)28/h4-7,10-11,16-17,20-21H,1-3,8-9,12-14H2. The first-order chi connectivity index (χ1) is 13.6. The largest absolute Gasteiger partial charge is 0.342 e. The fraction of sp³-hybridized carbons (Fsp3) is 0.522. The quantitative estimate of drug-likeness (QED) is 0.600. The van der Waals surface area contributed by atoms with Crippen LogP contribution in [0, 0.1) is 23.7 Å². The van der Waals surface area contributed by atoms with Gasteiger partial charge in [0.15, 0.2) is 0 Å². The van der Waals surface area contributed by atoms with Crippen LogP contribution in [0.5, 0.6) is 0 Å². The van der Waals surface area contributed by atoms with Crippen LogP contribution in [0.3, 0.4) is 0 Å². The summed E-state index contributed by atoms with van der Waals surface area (Å²) >= 11 is 0. The molecule has 0 radical (unpaired) electrons. The number of fused-ring (bicyclic) bond motifs is 1. The summed E-state index contributed by atoms with van der Waals surface area (Å²) < 4.78 is 0. The van der Waals surface area contributed by atoms with Gasteiger partial charge in [-0.1, -0.05) is 24.3 Å². The van der Waals surface area contributed by atoms with Gasteiger partial charge in [0.2, 0.25) is 17.7 Å². The van der Waals surface area contributed by atoms with E-state index in [2.05, 4.69) is 12.2 Å². The molecule has 5 nitrogen and oxygen atoms in total. The number of benzene rings is 1. The lowest BCUT2D eigenvalue weighted by Crippen LogP contribution is -2.38. The number of carbonyl (C=O) groups is 3. The molecule has 1 aromatic rings. The van der Waals surface area contributed by atoms with Crippen molar-refractivity contribution in [3.8, 4) is 0 Å². The number of piperidine rings is 1. The van der Waals surface area contributed by atoms with Gasteiger partial charge in [0.25, 0.3) is 0 Å². The van der Waals surface area contributed by atoms with Crippen LogP contribution in [0.2, 0.25) is 0 Å². The Hall–Kier alpha value is -2.43. The van der Waals surface area contributed by atoms with Gasteiger partial charge in [-0.25, -0.2) is 0 Å². The minimum absolute atomic E-state index is 0.0498. The van der Waals surface area contributed by atoms with Gasteiger partial charge >= 0.3 is 0 Å². The van der Waals surface area contributed by atoms with Crippen molar-refractivity contribution in [1.82, 2.24) is 4.90 Å². The maximum atomic E-state index is 13.0. The average Bonchev–Trinajstić information content (AvgIpc) is 3.03. The Labute approximate surface area is 165 Å². The molecule has 1 saturated carbocycles. The molecule has 6 rings (SSSR count). The zero-order valence-electron chi connectivity index (χ0n) is 16.0. The Morgan fingerprint density at radius 1 is 0.857 bits per heavy atom. The van der Waals surface area contributed by atoms with Gasteiger partial charge < -0.3 is 4.90 Å². The van der Waals surface area contributed by atoms with E-state index in [0.717, 1.165) is 44.3 Å². The van der Waals surface area contributed by atoms with Crippen LogP contribution in [0.4, 0.5) is 5.69 Å². The third kappa shape index (κ3) is 2.79. The second-order valence-electron chi connectivity index (χ2n) is 8.64. The van der Waals surface area contributed by atoms with Gasteiger partial charge in [0.1, 0.15) is 0 Å². The van der Waals surface area contributed by atoms with Crippen LogP contribution in [0.1, 0.15) is 37.7 Å². The van der Waals surface area contributed by atoms with Crippen molar-refractivity contribution in [2.75, 3.05) is 18.0 Å². The van der Waals surface area contributed by atoms with Crippen LogP contribution in [0.25, 0.3) is 0 Å². The van der Waals surface area contributed by atoms with Crippen molar-refractivity contribution >= 4 is 23.4 Å². The Morgan fingerprint density at radius 3 is 1.96 bits per heavy atom. The molecule has 3 aliphatic carbocycles. The molecule has 3 fully saturated rings. The molecule has 0 N–H and O–H groups in total. The van der Waals surface area contributed by atoms with E-state index < -0.39 is 0 Å². The molecule has 2 heterocycles. The lowest BCUT2D eigenvalue weighted by molar-refractivity contribution is -0.131. The molecule has 2 aliphatic heterocycles. The molecule has 28 heavy (non-hydrogen) atoms. The van der Waals surface area contributed by atoms with Crippen LogP contribution in [-0.4, -0.2) is 35.7 Å². The first kappa shape index (κ1) is 17.7. The summed E-state index contributed by atoms with van der Waals surface area (Å²) in [7, 11) is 0. The predicted octanol–water partition coefficient (Wildman–Crippen LogP) is 2.94. The van der Waals surface area contributed by atoms with Gasteiger partial charge in [-0.05, 0) is 61.6 Å². The summed E-state index contributed by atoms with van der Waals surface area (Å²) in [5, 5.41) is 0. The second kappa shape index (κ2) is 6.87. The highest BCUT2D eigenvalue weighted by Gasteiger charge is 2.56. The van der Waals surface area contributed by atoms with Crippen molar-refractivity contribution in [3.63, 3.8) is 0 Å². The highest BCUT2D eigenvalue weighted by Crippen LogP contribution is 2.50. The lowest BCUT2D eigenvalue weighted by atomic mass is 9.63. The predicted molar refractivity (Wildman–Crippen MR) is 105 cm³/mol. The summed E-state index contributed by atoms with van der Waals surface area (Å²) in [6.07, 6.45) is 10.0. The molecule has 0 aromatic heterocycles. The van der Waals surface area contributed by atoms with E-state index >= 15 is 0 Å².